The minimum atomic E-state index is -0.781. The normalized spacial score (nSPS) is 12.6. The van der Waals surface area contributed by atoms with E-state index in [4.69, 9.17) is 14.2 Å². The summed E-state index contributed by atoms with van der Waals surface area (Å²) in [6, 6.07) is 0. The van der Waals surface area contributed by atoms with Gasteiger partial charge in [-0.15, -0.1) is 0 Å². The Kier molecular flexibility index (Phi) is 66.2. The lowest BCUT2D eigenvalue weighted by Crippen LogP contribution is -2.30. The highest BCUT2D eigenvalue weighted by molar-refractivity contribution is 5.71. The molecule has 0 aliphatic rings. The van der Waals surface area contributed by atoms with Crippen LogP contribution in [0, 0.1) is 0 Å². The van der Waals surface area contributed by atoms with Gasteiger partial charge in [-0.1, -0.05) is 324 Å². The number of rotatable bonds is 64. The van der Waals surface area contributed by atoms with Gasteiger partial charge in [0.25, 0.3) is 0 Å². The van der Waals surface area contributed by atoms with Gasteiger partial charge < -0.3 is 14.2 Å². The molecule has 0 bridgehead atoms. The first-order chi connectivity index (χ1) is 40.0. The molecule has 1 unspecified atom stereocenters. The summed E-state index contributed by atoms with van der Waals surface area (Å²) < 4.78 is 17.0. The minimum Gasteiger partial charge on any atom is -0.462 e. The Hall–Kier alpha value is -3.41. The van der Waals surface area contributed by atoms with Crippen molar-refractivity contribution in [1.29, 1.82) is 0 Å². The van der Waals surface area contributed by atoms with Crippen LogP contribution in [0.2, 0.25) is 0 Å². The average Bonchev–Trinajstić information content (AvgIpc) is 3.47. The number of esters is 3. The average molecular weight is 1130 g/mol. The van der Waals surface area contributed by atoms with Gasteiger partial charge in [-0.25, -0.2) is 0 Å². The molecule has 6 heteroatoms. The van der Waals surface area contributed by atoms with Crippen molar-refractivity contribution in [1.82, 2.24) is 0 Å². The fraction of sp³-hybridized carbons (Fsp3) is 0.773. The van der Waals surface area contributed by atoms with Crippen LogP contribution in [0.5, 0.6) is 0 Å². The fourth-order valence-corrected chi connectivity index (χ4v) is 10.2. The van der Waals surface area contributed by atoms with E-state index >= 15 is 0 Å². The summed E-state index contributed by atoms with van der Waals surface area (Å²) in [5, 5.41) is 0. The molecule has 468 valence electrons. The first kappa shape index (κ1) is 77.6. The van der Waals surface area contributed by atoms with Crippen LogP contribution in [0.4, 0.5) is 0 Å². The van der Waals surface area contributed by atoms with Crippen molar-refractivity contribution >= 4 is 17.9 Å². The van der Waals surface area contributed by atoms with Gasteiger partial charge in [0.05, 0.1) is 0 Å². The van der Waals surface area contributed by atoms with E-state index in [0.717, 1.165) is 103 Å². The second-order valence-corrected chi connectivity index (χ2v) is 23.4. The maximum atomic E-state index is 13.0. The Morgan fingerprint density at radius 3 is 0.765 bits per heavy atom. The molecule has 0 heterocycles. The first-order valence-corrected chi connectivity index (χ1v) is 35.1. The second-order valence-electron chi connectivity index (χ2n) is 23.4. The SMILES string of the molecule is CC/C=C\C/C=C\C/C=C\C/C=C\C/C=C\C/C=C\CCCCCCCCCCC(=O)OCC(COC(=O)CCCCCCCCCCCCCCCCC)OC(=O)CCCCCCCCCCC/C=C\CCCCCCCCCC. The van der Waals surface area contributed by atoms with Gasteiger partial charge in [0.15, 0.2) is 6.10 Å². The number of unbranched alkanes of at least 4 members (excludes halogenated alkanes) is 39. The summed E-state index contributed by atoms with van der Waals surface area (Å²) in [5.74, 6) is -0.867. The lowest BCUT2D eigenvalue weighted by atomic mass is 10.0. The highest BCUT2D eigenvalue weighted by Gasteiger charge is 2.19. The largest absolute Gasteiger partial charge is 0.462 e. The van der Waals surface area contributed by atoms with Gasteiger partial charge in [-0.2, -0.15) is 0 Å². The highest BCUT2D eigenvalue weighted by atomic mass is 16.6. The number of carbonyl (C=O) groups excluding carboxylic acids is 3. The quantitative estimate of drug-likeness (QED) is 0.0261. The summed E-state index contributed by atoms with van der Waals surface area (Å²) in [7, 11) is 0. The Balaban J connectivity index is 4.34. The maximum Gasteiger partial charge on any atom is 0.306 e. The third-order valence-electron chi connectivity index (χ3n) is 15.4. The lowest BCUT2D eigenvalue weighted by Gasteiger charge is -2.18. The molecule has 0 N–H and O–H groups in total. The van der Waals surface area contributed by atoms with E-state index in [-0.39, 0.29) is 31.1 Å². The molecule has 0 fully saturated rings. The van der Waals surface area contributed by atoms with E-state index in [9.17, 15) is 14.4 Å². The molecule has 0 saturated heterocycles. The molecule has 0 saturated carbocycles. The van der Waals surface area contributed by atoms with Crippen molar-refractivity contribution in [3.05, 3.63) is 85.1 Å². The summed E-state index contributed by atoms with van der Waals surface area (Å²) in [5.41, 5.74) is 0. The van der Waals surface area contributed by atoms with E-state index in [1.54, 1.807) is 0 Å². The molecule has 0 aromatic carbocycles. The Labute approximate surface area is 503 Å². The molecule has 6 nitrogen and oxygen atoms in total. The van der Waals surface area contributed by atoms with Crippen molar-refractivity contribution in [3.8, 4) is 0 Å². The van der Waals surface area contributed by atoms with Crippen molar-refractivity contribution < 1.29 is 28.6 Å². The van der Waals surface area contributed by atoms with E-state index in [0.29, 0.717) is 19.3 Å². The third kappa shape index (κ3) is 67.3. The molecule has 0 rings (SSSR count). The van der Waals surface area contributed by atoms with Crippen LogP contribution >= 0.6 is 0 Å². The number of hydrogen-bond donors (Lipinski definition) is 0. The Bertz CT molecular complexity index is 1530. The predicted octanol–water partition coefficient (Wildman–Crippen LogP) is 24.2. The van der Waals surface area contributed by atoms with Gasteiger partial charge in [-0.3, -0.25) is 14.4 Å². The molecule has 0 amide bonds. The zero-order chi connectivity index (χ0) is 58.5. The molecule has 1 atom stereocenters. The van der Waals surface area contributed by atoms with Crippen molar-refractivity contribution in [2.45, 2.75) is 361 Å². The zero-order valence-corrected chi connectivity index (χ0v) is 53.8. The zero-order valence-electron chi connectivity index (χ0n) is 53.8. The summed E-state index contributed by atoms with van der Waals surface area (Å²) in [6.07, 6.45) is 91.7. The van der Waals surface area contributed by atoms with Gasteiger partial charge in [0.1, 0.15) is 13.2 Å². The smallest absolute Gasteiger partial charge is 0.306 e. The third-order valence-corrected chi connectivity index (χ3v) is 15.4. The van der Waals surface area contributed by atoms with Gasteiger partial charge >= 0.3 is 17.9 Å². The van der Waals surface area contributed by atoms with Crippen molar-refractivity contribution in [3.63, 3.8) is 0 Å². The number of ether oxygens (including phenoxy) is 3. The van der Waals surface area contributed by atoms with Crippen molar-refractivity contribution in [2.24, 2.45) is 0 Å². The van der Waals surface area contributed by atoms with Crippen LogP contribution in [0.3, 0.4) is 0 Å². The molecule has 81 heavy (non-hydrogen) atoms. The minimum absolute atomic E-state index is 0.0758. The summed E-state index contributed by atoms with van der Waals surface area (Å²) >= 11 is 0. The van der Waals surface area contributed by atoms with E-state index < -0.39 is 6.10 Å². The highest BCUT2D eigenvalue weighted by Crippen LogP contribution is 2.17. The van der Waals surface area contributed by atoms with Gasteiger partial charge in [-0.05, 0) is 96.3 Å². The fourth-order valence-electron chi connectivity index (χ4n) is 10.2. The molecule has 0 aliphatic heterocycles. The monoisotopic (exact) mass is 1130 g/mol. The predicted molar refractivity (Wildman–Crippen MR) is 353 cm³/mol. The lowest BCUT2D eigenvalue weighted by molar-refractivity contribution is -0.167. The van der Waals surface area contributed by atoms with Gasteiger partial charge in [0, 0.05) is 19.3 Å². The van der Waals surface area contributed by atoms with Crippen LogP contribution in [-0.4, -0.2) is 37.2 Å². The van der Waals surface area contributed by atoms with Gasteiger partial charge in [0.2, 0.25) is 0 Å². The molecular formula is C75H132O6. The topological polar surface area (TPSA) is 78.9 Å². The standard InChI is InChI=1S/C75H132O6/c1-4-7-10-13-16-19-22-25-28-30-32-34-35-36-37-38-39-41-42-44-47-50-53-56-59-62-65-68-74(77)80-71-72(70-79-73(76)67-64-61-58-55-52-49-46-27-24-21-18-15-12-9-6-3)81-75(78)69-66-63-60-57-54-51-48-45-43-40-33-31-29-26-23-20-17-14-11-8-5-2/h7,10,16,19,25,28,31-34,36-37,39,41,72H,4-6,8-9,11-15,17-18,20-24,26-27,29-30,35,38,40,42-71H2,1-3H3/b10-7-,19-16-,28-25-,33-31-,34-32-,37-36-,41-39-. The molecule has 0 radical (unpaired) electrons. The van der Waals surface area contributed by atoms with Crippen LogP contribution in [0.15, 0.2) is 85.1 Å². The maximum absolute atomic E-state index is 13.0. The van der Waals surface area contributed by atoms with Crippen LogP contribution in [0.1, 0.15) is 355 Å². The second kappa shape index (κ2) is 69.1. The summed E-state index contributed by atoms with van der Waals surface area (Å²) in [6.45, 7) is 6.57. The molecule has 0 spiro atoms. The summed E-state index contributed by atoms with van der Waals surface area (Å²) in [4.78, 5) is 38.5. The molecule has 0 aliphatic carbocycles. The Morgan fingerprint density at radius 2 is 0.481 bits per heavy atom. The van der Waals surface area contributed by atoms with E-state index in [1.165, 1.54) is 212 Å². The molecule has 0 aromatic rings. The number of allylic oxidation sites excluding steroid dienone is 14. The molecular weight excluding hydrogens is 997 g/mol. The first-order valence-electron chi connectivity index (χ1n) is 35.1. The van der Waals surface area contributed by atoms with Crippen LogP contribution in [-0.2, 0) is 28.6 Å². The van der Waals surface area contributed by atoms with Crippen molar-refractivity contribution in [2.75, 3.05) is 13.2 Å². The van der Waals surface area contributed by atoms with E-state index in [2.05, 4.69) is 106 Å². The molecule has 0 aromatic heterocycles. The van der Waals surface area contributed by atoms with E-state index in [1.807, 2.05) is 0 Å². The number of carbonyl (C=O) groups is 3. The van der Waals surface area contributed by atoms with Crippen LogP contribution in [0.25, 0.3) is 0 Å². The number of hydrogen-bond acceptors (Lipinski definition) is 6. The van der Waals surface area contributed by atoms with Crippen LogP contribution < -0.4 is 0 Å². The Morgan fingerprint density at radius 1 is 0.259 bits per heavy atom.